The Labute approximate surface area is 293 Å². The molecule has 2 atom stereocenters. The maximum Gasteiger partial charge on any atom is 2.00 e. The molecule has 0 bridgehead atoms. The Morgan fingerprint density at radius 2 is 1.38 bits per heavy atom. The third kappa shape index (κ3) is 8.00. The van der Waals surface area contributed by atoms with Crippen LogP contribution in [0.25, 0.3) is 32.7 Å². The van der Waals surface area contributed by atoms with Crippen molar-refractivity contribution in [3.63, 3.8) is 0 Å². The molecule has 240 valence electrons. The Balaban J connectivity index is 0.000000260. The first-order valence-corrected chi connectivity index (χ1v) is 17.3. The summed E-state index contributed by atoms with van der Waals surface area (Å²) in [6.45, 7) is 11.2. The summed E-state index contributed by atoms with van der Waals surface area (Å²) < 4.78 is 14.8. The summed E-state index contributed by atoms with van der Waals surface area (Å²) in [5.74, 6) is 3.52. The van der Waals surface area contributed by atoms with Crippen LogP contribution in [0.3, 0.4) is 0 Å². The van der Waals surface area contributed by atoms with Gasteiger partial charge in [0.1, 0.15) is 18.1 Å². The molecule has 0 unspecified atom stereocenters. The number of aromatic hydroxyl groups is 1. The van der Waals surface area contributed by atoms with E-state index < -0.39 is 8.30 Å². The van der Waals surface area contributed by atoms with Gasteiger partial charge in [-0.25, -0.2) is 4.99 Å². The number of aliphatic imine (C=N–C) groups is 1. The first-order valence-electron chi connectivity index (χ1n) is 16.1. The van der Waals surface area contributed by atoms with Gasteiger partial charge in [-0.1, -0.05) is 88.4 Å². The van der Waals surface area contributed by atoms with Crippen LogP contribution in [0.15, 0.2) is 77.8 Å². The van der Waals surface area contributed by atoms with Crippen molar-refractivity contribution in [1.82, 2.24) is 4.67 Å². The van der Waals surface area contributed by atoms with Gasteiger partial charge < -0.3 is 14.4 Å². The number of nitrogens with zero attached hydrogens (tertiary/aromatic N) is 2. The summed E-state index contributed by atoms with van der Waals surface area (Å²) in [4.78, 5) is 4.52. The van der Waals surface area contributed by atoms with Crippen LogP contribution in [-0.4, -0.2) is 41.4 Å². The fraction of sp³-hybridized carbons (Fsp3) is 0.225. The zero-order valence-corrected chi connectivity index (χ0v) is 29.3. The minimum Gasteiger partial charge on any atom is -0.507 e. The molecule has 3 aliphatic rings. The molecule has 1 N–H and O–H groups in total. The van der Waals surface area contributed by atoms with Crippen LogP contribution in [-0.2, 0) is 21.8 Å². The largest absolute Gasteiger partial charge is 2.00 e. The average Bonchev–Trinajstić information content (AvgIpc) is 3.89. The van der Waals surface area contributed by atoms with E-state index in [2.05, 4.69) is 99.4 Å². The second-order valence-corrected chi connectivity index (χ2v) is 13.5. The Morgan fingerprint density at radius 3 is 1.98 bits per heavy atom. The van der Waals surface area contributed by atoms with Gasteiger partial charge in [-0.2, -0.15) is 0 Å². The minimum absolute atomic E-state index is 0. The smallest absolute Gasteiger partial charge is 0.507 e. The van der Waals surface area contributed by atoms with Gasteiger partial charge in [-0.05, 0) is 91.0 Å². The van der Waals surface area contributed by atoms with E-state index in [1.54, 1.807) is 6.07 Å². The quantitative estimate of drug-likeness (QED) is 0.141. The molecule has 2 fully saturated rings. The topological polar surface area (TPSA) is 54.3 Å². The van der Waals surface area contributed by atoms with Crippen molar-refractivity contribution < 1.29 is 31.4 Å². The summed E-state index contributed by atoms with van der Waals surface area (Å²) in [6.07, 6.45) is 16.5. The van der Waals surface area contributed by atoms with E-state index in [1.165, 1.54) is 5.66 Å². The maximum atomic E-state index is 11.1. The van der Waals surface area contributed by atoms with Gasteiger partial charge in [0, 0.05) is 24.2 Å². The van der Waals surface area contributed by atoms with Gasteiger partial charge in [0.2, 0.25) is 0 Å². The Morgan fingerprint density at radius 1 is 0.809 bits per heavy atom. The van der Waals surface area contributed by atoms with Crippen LogP contribution >= 0.6 is 8.30 Å². The number of phenolic OH excluding ortho intramolecular Hbond substituents is 1. The molecule has 1 heterocycles. The van der Waals surface area contributed by atoms with Crippen LogP contribution in [0.1, 0.15) is 27.7 Å². The summed E-state index contributed by atoms with van der Waals surface area (Å²) in [5.41, 5.74) is 2.94. The van der Waals surface area contributed by atoms with Crippen molar-refractivity contribution in [2.24, 2.45) is 10.9 Å². The molecule has 1 aliphatic heterocycles. The van der Waals surface area contributed by atoms with E-state index in [-0.39, 0.29) is 22.8 Å². The van der Waals surface area contributed by atoms with E-state index in [0.29, 0.717) is 12.0 Å². The van der Waals surface area contributed by atoms with Gasteiger partial charge in [-0.3, -0.25) is 4.67 Å². The zero-order chi connectivity index (χ0) is 32.0. The van der Waals surface area contributed by atoms with Crippen LogP contribution in [0, 0.1) is 68.9 Å². The molecular weight excluding hydrogens is 643 g/mol. The first kappa shape index (κ1) is 35.7. The number of phenols is 1. The molecule has 4 aromatic carbocycles. The van der Waals surface area contributed by atoms with Crippen molar-refractivity contribution in [2.45, 2.75) is 33.7 Å². The second-order valence-electron chi connectivity index (χ2n) is 11.7. The summed E-state index contributed by atoms with van der Waals surface area (Å²) >= 11 is 0. The molecule has 7 rings (SSSR count). The number of hydrogen-bond acceptors (Lipinski definition) is 5. The fourth-order valence-electron chi connectivity index (χ4n) is 5.85. The molecule has 4 aromatic rings. The summed E-state index contributed by atoms with van der Waals surface area (Å²) in [7, 11) is -1.02. The normalized spacial score (nSPS) is 19.0. The van der Waals surface area contributed by atoms with Gasteiger partial charge in [0.15, 0.2) is 14.2 Å². The predicted octanol–water partition coefficient (Wildman–Crippen LogP) is 9.60. The fourth-order valence-corrected chi connectivity index (χ4v) is 7.68. The third-order valence-corrected chi connectivity index (χ3v) is 10.6. The number of hydrogen-bond donors (Lipinski definition) is 1. The zero-order valence-electron chi connectivity index (χ0n) is 27.3. The Hall–Kier alpha value is -2.62. The average molecular weight is 685 g/mol. The predicted molar refractivity (Wildman–Crippen MR) is 192 cm³/mol. The van der Waals surface area contributed by atoms with Crippen molar-refractivity contribution >= 4 is 35.7 Å². The van der Waals surface area contributed by atoms with Crippen molar-refractivity contribution in [3.8, 4) is 22.6 Å². The van der Waals surface area contributed by atoms with Crippen LogP contribution < -0.4 is 4.52 Å². The molecule has 0 amide bonds. The van der Waals surface area contributed by atoms with Gasteiger partial charge in [0.25, 0.3) is 0 Å². The van der Waals surface area contributed by atoms with Crippen LogP contribution in [0.2, 0.25) is 0 Å². The third-order valence-electron chi connectivity index (χ3n) is 8.44. The molecule has 0 saturated heterocycles. The molecule has 2 aliphatic carbocycles. The molecular formula is C40H41FeN2O3P+2. The van der Waals surface area contributed by atoms with Gasteiger partial charge in [0.05, 0.1) is 17.6 Å². The van der Waals surface area contributed by atoms with Crippen molar-refractivity contribution in [3.05, 3.63) is 136 Å². The molecule has 5 nitrogen and oxygen atoms in total. The van der Waals surface area contributed by atoms with E-state index in [4.69, 9.17) is 9.26 Å². The van der Waals surface area contributed by atoms with Crippen LogP contribution in [0.5, 0.6) is 11.5 Å². The molecule has 0 spiro atoms. The van der Waals surface area contributed by atoms with E-state index in [9.17, 15) is 5.11 Å². The van der Waals surface area contributed by atoms with Crippen LogP contribution in [0.4, 0.5) is 0 Å². The number of rotatable bonds is 9. The minimum atomic E-state index is -1.02. The first-order chi connectivity index (χ1) is 22.5. The summed E-state index contributed by atoms with van der Waals surface area (Å²) in [5, 5.41) is 15.4. The molecule has 2 saturated carbocycles. The number of ether oxygens (including phenoxy) is 1. The van der Waals surface area contributed by atoms with E-state index >= 15 is 0 Å². The molecule has 47 heavy (non-hydrogen) atoms. The number of benzene rings is 4. The Kier molecular flexibility index (Phi) is 12.6. The monoisotopic (exact) mass is 684 g/mol. The number of fused-ring (bicyclic) bond motifs is 2. The maximum absolute atomic E-state index is 11.1. The molecule has 10 radical (unpaired) electrons. The Bertz CT molecular complexity index is 1640. The van der Waals surface area contributed by atoms with E-state index in [1.807, 2.05) is 56.0 Å². The van der Waals surface area contributed by atoms with Gasteiger partial charge >= 0.3 is 17.1 Å². The van der Waals surface area contributed by atoms with Crippen molar-refractivity contribution in [2.75, 3.05) is 19.7 Å². The molecule has 7 heteroatoms. The summed E-state index contributed by atoms with van der Waals surface area (Å²) in [6, 6.07) is 24.8. The molecule has 0 aromatic heterocycles. The SMILES string of the molecule is CC(C)[C@H]1COC([C]2[CH][CH][CH][CH]2)=N1.CCN(CC)[P@](Oc1ccc2ccccc2c1-c1c(O)ccc2ccccc12)[C]1[CH][CH][CH][CH]1.[Fe+2]. The second kappa shape index (κ2) is 16.7. The van der Waals surface area contributed by atoms with Crippen molar-refractivity contribution in [1.29, 1.82) is 0 Å². The van der Waals surface area contributed by atoms with Gasteiger partial charge in [-0.15, -0.1) is 0 Å². The van der Waals surface area contributed by atoms with E-state index in [0.717, 1.165) is 69.9 Å². The standard InChI is InChI=1S/C29H27NO2P.C11H14NO.Fe/c1-3-30(4-2)33(23-13-7-8-14-23)32-27-20-18-22-12-6-10-16-25(22)29(27)28-24-15-9-5-11-21(24)17-19-26(28)31;1-8(2)10-7-13-11(12-10)9-5-3-4-6-9;/h5-20,31H,3-4H2,1-2H3;3-6,8,10H,7H2,1-2H3;/q;;+2/t33-;10-;/m11./s1.